The molecule has 0 spiro atoms. The molecule has 0 bridgehead atoms. The number of carbonyl (C=O) groups is 3. The number of rotatable bonds is 8. The summed E-state index contributed by atoms with van der Waals surface area (Å²) in [5.41, 5.74) is 2.98. The number of hydrogen-bond donors (Lipinski definition) is 1. The Labute approximate surface area is 171 Å². The molecular formula is C23H28N2O4. The molecule has 0 heterocycles. The number of hydrogen-bond acceptors (Lipinski definition) is 4. The van der Waals surface area contributed by atoms with Crippen LogP contribution >= 0.6 is 0 Å². The highest BCUT2D eigenvalue weighted by Crippen LogP contribution is 2.21. The number of anilines is 2. The van der Waals surface area contributed by atoms with E-state index in [9.17, 15) is 14.4 Å². The molecule has 0 saturated carbocycles. The third-order valence-electron chi connectivity index (χ3n) is 4.49. The van der Waals surface area contributed by atoms with Crippen LogP contribution in [0.2, 0.25) is 0 Å². The van der Waals surface area contributed by atoms with Gasteiger partial charge in [0, 0.05) is 31.3 Å². The number of carbonyl (C=O) groups excluding carboxylic acids is 3. The van der Waals surface area contributed by atoms with Crippen molar-refractivity contribution in [3.63, 3.8) is 0 Å². The quantitative estimate of drug-likeness (QED) is 0.673. The molecule has 1 N–H and O–H groups in total. The van der Waals surface area contributed by atoms with E-state index in [0.717, 1.165) is 5.69 Å². The first-order valence-corrected chi connectivity index (χ1v) is 9.77. The molecule has 0 saturated heterocycles. The van der Waals surface area contributed by atoms with E-state index >= 15 is 0 Å². The van der Waals surface area contributed by atoms with Gasteiger partial charge in [-0.25, -0.2) is 4.79 Å². The minimum Gasteiger partial charge on any atom is -0.462 e. The van der Waals surface area contributed by atoms with E-state index in [1.54, 1.807) is 36.1 Å². The van der Waals surface area contributed by atoms with Crippen molar-refractivity contribution in [1.29, 1.82) is 0 Å². The van der Waals surface area contributed by atoms with Crippen LogP contribution in [0.4, 0.5) is 11.4 Å². The Hall–Kier alpha value is -3.15. The average Bonchev–Trinajstić information content (AvgIpc) is 2.69. The normalized spacial score (nSPS) is 10.5. The smallest absolute Gasteiger partial charge is 0.338 e. The summed E-state index contributed by atoms with van der Waals surface area (Å²) in [6.07, 6.45) is 0.158. The fourth-order valence-electron chi connectivity index (χ4n) is 2.85. The summed E-state index contributed by atoms with van der Waals surface area (Å²) in [7, 11) is 0. The lowest BCUT2D eigenvalue weighted by Gasteiger charge is -2.21. The molecule has 29 heavy (non-hydrogen) atoms. The van der Waals surface area contributed by atoms with E-state index in [4.69, 9.17) is 4.74 Å². The second-order valence-electron chi connectivity index (χ2n) is 7.01. The zero-order chi connectivity index (χ0) is 21.4. The van der Waals surface area contributed by atoms with Gasteiger partial charge in [-0.2, -0.15) is 0 Å². The Bertz CT molecular complexity index is 842. The molecule has 6 nitrogen and oxygen atoms in total. The second-order valence-corrected chi connectivity index (χ2v) is 7.01. The molecule has 0 radical (unpaired) electrons. The number of ether oxygens (including phenoxy) is 1. The standard InChI is InChI=1S/C23H28N2O4/c1-5-29-23(28)19-6-10-20(11-7-19)24-22(27)14-15-25(17(4)26)21-12-8-18(9-13-21)16(2)3/h6-13,16H,5,14-15H2,1-4H3,(H,24,27). The van der Waals surface area contributed by atoms with Gasteiger partial charge in [0.15, 0.2) is 0 Å². The molecular weight excluding hydrogens is 368 g/mol. The van der Waals surface area contributed by atoms with Crippen LogP contribution < -0.4 is 10.2 Å². The van der Waals surface area contributed by atoms with Gasteiger partial charge >= 0.3 is 5.97 Å². The van der Waals surface area contributed by atoms with Gasteiger partial charge < -0.3 is 15.0 Å². The zero-order valence-electron chi connectivity index (χ0n) is 17.4. The molecule has 0 atom stereocenters. The first-order valence-electron chi connectivity index (χ1n) is 9.77. The Kier molecular flexibility index (Phi) is 7.95. The molecule has 2 aromatic rings. The monoisotopic (exact) mass is 396 g/mol. The minimum atomic E-state index is -0.397. The third kappa shape index (κ3) is 6.45. The Morgan fingerprint density at radius 3 is 2.14 bits per heavy atom. The van der Waals surface area contributed by atoms with Crippen LogP contribution in [0.25, 0.3) is 0 Å². The summed E-state index contributed by atoms with van der Waals surface area (Å²) in [6.45, 7) is 8.05. The van der Waals surface area contributed by atoms with Gasteiger partial charge in [0.1, 0.15) is 0 Å². The van der Waals surface area contributed by atoms with Crippen molar-refractivity contribution >= 4 is 29.2 Å². The van der Waals surface area contributed by atoms with Crippen LogP contribution in [0.15, 0.2) is 48.5 Å². The number of nitrogens with one attached hydrogen (secondary N) is 1. The first-order chi connectivity index (χ1) is 13.8. The molecule has 0 fully saturated rings. The molecule has 0 aliphatic carbocycles. The highest BCUT2D eigenvalue weighted by atomic mass is 16.5. The van der Waals surface area contributed by atoms with E-state index in [1.165, 1.54) is 12.5 Å². The van der Waals surface area contributed by atoms with Gasteiger partial charge in [-0.05, 0) is 54.8 Å². The minimum absolute atomic E-state index is 0.117. The number of esters is 1. The van der Waals surface area contributed by atoms with Gasteiger partial charge in [0.25, 0.3) is 0 Å². The van der Waals surface area contributed by atoms with Crippen molar-refractivity contribution in [2.45, 2.75) is 40.0 Å². The fraction of sp³-hybridized carbons (Fsp3) is 0.348. The predicted molar refractivity (Wildman–Crippen MR) is 114 cm³/mol. The molecule has 154 valence electrons. The van der Waals surface area contributed by atoms with E-state index in [1.807, 2.05) is 24.3 Å². The van der Waals surface area contributed by atoms with Gasteiger partial charge in [0.05, 0.1) is 12.2 Å². The van der Waals surface area contributed by atoms with Crippen molar-refractivity contribution in [3.8, 4) is 0 Å². The van der Waals surface area contributed by atoms with Crippen LogP contribution in [0.1, 0.15) is 56.0 Å². The van der Waals surface area contributed by atoms with Gasteiger partial charge in [-0.3, -0.25) is 9.59 Å². The van der Waals surface area contributed by atoms with E-state index < -0.39 is 5.97 Å². The van der Waals surface area contributed by atoms with Crippen molar-refractivity contribution in [3.05, 3.63) is 59.7 Å². The molecule has 2 amide bonds. The van der Waals surface area contributed by atoms with Gasteiger partial charge in [-0.15, -0.1) is 0 Å². The summed E-state index contributed by atoms with van der Waals surface area (Å²) < 4.78 is 4.93. The maximum atomic E-state index is 12.3. The second kappa shape index (κ2) is 10.4. The lowest BCUT2D eigenvalue weighted by atomic mass is 10.0. The van der Waals surface area contributed by atoms with E-state index in [-0.39, 0.29) is 24.8 Å². The Morgan fingerprint density at radius 2 is 1.62 bits per heavy atom. The van der Waals surface area contributed by atoms with E-state index in [2.05, 4.69) is 19.2 Å². The molecule has 0 aliphatic rings. The SMILES string of the molecule is CCOC(=O)c1ccc(NC(=O)CCN(C(C)=O)c2ccc(C(C)C)cc2)cc1. The van der Waals surface area contributed by atoms with Crippen molar-refractivity contribution in [2.75, 3.05) is 23.4 Å². The van der Waals surface area contributed by atoms with Crippen LogP contribution in [0.3, 0.4) is 0 Å². The molecule has 0 aromatic heterocycles. The van der Waals surface area contributed by atoms with Crippen LogP contribution in [0, 0.1) is 0 Å². The Balaban J connectivity index is 1.95. The average molecular weight is 396 g/mol. The number of benzene rings is 2. The highest BCUT2D eigenvalue weighted by Gasteiger charge is 2.14. The van der Waals surface area contributed by atoms with Crippen LogP contribution in [-0.2, 0) is 14.3 Å². The first kappa shape index (κ1) is 22.1. The summed E-state index contributed by atoms with van der Waals surface area (Å²) >= 11 is 0. The molecule has 2 rings (SSSR count). The largest absolute Gasteiger partial charge is 0.462 e. The summed E-state index contributed by atoms with van der Waals surface area (Å²) in [5.74, 6) is -0.311. The van der Waals surface area contributed by atoms with E-state index in [0.29, 0.717) is 23.8 Å². The third-order valence-corrected chi connectivity index (χ3v) is 4.49. The van der Waals surface area contributed by atoms with Crippen molar-refractivity contribution in [1.82, 2.24) is 0 Å². The lowest BCUT2D eigenvalue weighted by molar-refractivity contribution is -0.117. The maximum absolute atomic E-state index is 12.3. The molecule has 0 unspecified atom stereocenters. The molecule has 0 aliphatic heterocycles. The zero-order valence-corrected chi connectivity index (χ0v) is 17.4. The number of nitrogens with zero attached hydrogens (tertiary/aromatic N) is 1. The van der Waals surface area contributed by atoms with Gasteiger partial charge in [0.2, 0.25) is 11.8 Å². The topological polar surface area (TPSA) is 75.7 Å². The summed E-state index contributed by atoms with van der Waals surface area (Å²) in [6, 6.07) is 14.3. The molecule has 6 heteroatoms. The summed E-state index contributed by atoms with van der Waals surface area (Å²) in [4.78, 5) is 37.6. The van der Waals surface area contributed by atoms with Crippen LogP contribution in [0.5, 0.6) is 0 Å². The van der Waals surface area contributed by atoms with Crippen molar-refractivity contribution < 1.29 is 19.1 Å². The Morgan fingerprint density at radius 1 is 1.00 bits per heavy atom. The molecule has 2 aromatic carbocycles. The van der Waals surface area contributed by atoms with Crippen molar-refractivity contribution in [2.24, 2.45) is 0 Å². The number of amides is 2. The predicted octanol–water partition coefficient (Wildman–Crippen LogP) is 4.37. The maximum Gasteiger partial charge on any atom is 0.338 e. The summed E-state index contributed by atoms with van der Waals surface area (Å²) in [5, 5.41) is 2.78. The fourth-order valence-corrected chi connectivity index (χ4v) is 2.85. The lowest BCUT2D eigenvalue weighted by Crippen LogP contribution is -2.31. The van der Waals surface area contributed by atoms with Gasteiger partial charge in [-0.1, -0.05) is 26.0 Å². The highest BCUT2D eigenvalue weighted by molar-refractivity contribution is 5.95. The van der Waals surface area contributed by atoms with Crippen LogP contribution in [-0.4, -0.2) is 30.9 Å².